The first kappa shape index (κ1) is 24.7. The van der Waals surface area contributed by atoms with Crippen molar-refractivity contribution in [2.75, 3.05) is 18.5 Å². The van der Waals surface area contributed by atoms with Gasteiger partial charge < -0.3 is 4.74 Å². The van der Waals surface area contributed by atoms with Crippen LogP contribution in [0.1, 0.15) is 101 Å². The Kier molecular flexibility index (Phi) is 9.60. The molecule has 0 bridgehead atoms. The van der Waals surface area contributed by atoms with Crippen LogP contribution in [0.4, 0.5) is 0 Å². The van der Waals surface area contributed by atoms with Crippen LogP contribution in [0.5, 0.6) is 0 Å². The van der Waals surface area contributed by atoms with E-state index in [1.807, 2.05) is 0 Å². The average molecular weight is 396 g/mol. The van der Waals surface area contributed by atoms with E-state index < -0.39 is 7.26 Å². The van der Waals surface area contributed by atoms with Gasteiger partial charge in [0.1, 0.15) is 17.2 Å². The van der Waals surface area contributed by atoms with Gasteiger partial charge in [0, 0.05) is 18.1 Å². The van der Waals surface area contributed by atoms with Gasteiger partial charge in [-0.3, -0.25) is 0 Å². The monoisotopic (exact) mass is 395 g/mol. The number of hydrogen-bond acceptors (Lipinski definition) is 1. The van der Waals surface area contributed by atoms with Crippen LogP contribution in [-0.2, 0) is 4.74 Å². The molecule has 0 unspecified atom stereocenters. The van der Waals surface area contributed by atoms with Gasteiger partial charge in [0.15, 0.2) is 0 Å². The third-order valence-corrected chi connectivity index (χ3v) is 11.0. The highest BCUT2D eigenvalue weighted by molar-refractivity contribution is 7.76. The Balaban J connectivity index is 3.43. The van der Waals surface area contributed by atoms with Crippen LogP contribution in [0.2, 0.25) is 0 Å². The number of hydrogen-bond donors (Lipinski definition) is 0. The average Bonchev–Trinajstić information content (AvgIpc) is 2.59. The minimum absolute atomic E-state index is 0.0684. The molecule has 0 aromatic rings. The van der Waals surface area contributed by atoms with Gasteiger partial charge in [-0.25, -0.2) is 0 Å². The summed E-state index contributed by atoms with van der Waals surface area (Å²) in [4.78, 5) is 0. The number of ether oxygens (including phenoxy) is 1. The quantitative estimate of drug-likeness (QED) is 0.336. The Labute approximate surface area is 171 Å². The van der Waals surface area contributed by atoms with Crippen molar-refractivity contribution < 1.29 is 4.74 Å². The van der Waals surface area contributed by atoms with Crippen LogP contribution in [0.15, 0.2) is 23.7 Å². The van der Waals surface area contributed by atoms with Crippen LogP contribution < -0.4 is 0 Å². The Bertz CT molecular complexity index is 450. The first-order valence-corrected chi connectivity index (χ1v) is 13.9. The van der Waals surface area contributed by atoms with Crippen molar-refractivity contribution in [3.05, 3.63) is 23.7 Å². The predicted octanol–water partition coefficient (Wildman–Crippen LogP) is 8.66. The molecule has 0 spiro atoms. The molecule has 0 fully saturated rings. The molecule has 0 saturated carbocycles. The maximum Gasteiger partial charge on any atom is 0.113 e. The highest BCUT2D eigenvalue weighted by Gasteiger charge is 2.45. The van der Waals surface area contributed by atoms with Gasteiger partial charge in [-0.15, -0.1) is 0 Å². The molecule has 27 heavy (non-hydrogen) atoms. The molecular weight excluding hydrogens is 347 g/mol. The zero-order valence-corrected chi connectivity index (χ0v) is 20.8. The SMILES string of the molecule is CCCC[P+](CCCC)(CCCC)C1C=C(C(C)(C)C)OC(C(C)(C)C)=C1. The van der Waals surface area contributed by atoms with E-state index in [1.54, 1.807) is 0 Å². The fraction of sp³-hybridized carbons (Fsp3) is 0.840. The molecule has 2 heteroatoms. The molecule has 1 rings (SSSR count). The molecule has 0 amide bonds. The number of rotatable bonds is 10. The maximum absolute atomic E-state index is 6.49. The molecule has 1 nitrogen and oxygen atoms in total. The van der Waals surface area contributed by atoms with Crippen molar-refractivity contribution in [3.63, 3.8) is 0 Å². The molecule has 1 aliphatic rings. The Morgan fingerprint density at radius 3 is 1.30 bits per heavy atom. The number of allylic oxidation sites excluding steroid dienone is 4. The molecule has 0 aromatic carbocycles. The van der Waals surface area contributed by atoms with E-state index in [0.717, 1.165) is 0 Å². The third kappa shape index (κ3) is 7.23. The molecule has 0 radical (unpaired) electrons. The largest absolute Gasteiger partial charge is 0.465 e. The van der Waals surface area contributed by atoms with E-state index in [-0.39, 0.29) is 10.8 Å². The summed E-state index contributed by atoms with van der Waals surface area (Å²) in [5.74, 6) is 2.41. The Morgan fingerprint density at radius 2 is 1.04 bits per heavy atom. The Morgan fingerprint density at radius 1 is 0.704 bits per heavy atom. The maximum atomic E-state index is 6.49. The highest BCUT2D eigenvalue weighted by atomic mass is 31.2. The summed E-state index contributed by atoms with van der Waals surface area (Å²) in [6.45, 7) is 20.8. The van der Waals surface area contributed by atoms with Gasteiger partial charge in [-0.1, -0.05) is 81.6 Å². The molecule has 0 saturated heterocycles. The molecule has 1 heterocycles. The van der Waals surface area contributed by atoms with E-state index in [9.17, 15) is 0 Å². The second-order valence-electron chi connectivity index (χ2n) is 10.6. The summed E-state index contributed by atoms with van der Waals surface area (Å²) >= 11 is 0. The van der Waals surface area contributed by atoms with Crippen molar-refractivity contribution >= 4 is 7.26 Å². The van der Waals surface area contributed by atoms with E-state index in [0.29, 0.717) is 5.66 Å². The van der Waals surface area contributed by atoms with Crippen molar-refractivity contribution in [3.8, 4) is 0 Å². The van der Waals surface area contributed by atoms with E-state index in [4.69, 9.17) is 4.74 Å². The molecule has 0 N–H and O–H groups in total. The summed E-state index contributed by atoms with van der Waals surface area (Å²) < 4.78 is 6.49. The van der Waals surface area contributed by atoms with Crippen molar-refractivity contribution in [1.29, 1.82) is 0 Å². The van der Waals surface area contributed by atoms with Crippen LogP contribution in [-0.4, -0.2) is 24.1 Å². The lowest BCUT2D eigenvalue weighted by Gasteiger charge is -2.39. The second kappa shape index (κ2) is 10.5. The highest BCUT2D eigenvalue weighted by Crippen LogP contribution is 2.67. The Hall–Kier alpha value is -0.290. The fourth-order valence-electron chi connectivity index (χ4n) is 3.87. The standard InChI is InChI=1S/C25H48OP/c1-10-13-16-27(17-14-11-2,18-15-12-3)21-19-22(24(4,5)6)26-23(20-21)25(7,8)9/h19-21H,10-18H2,1-9H3/q+1. The summed E-state index contributed by atoms with van der Waals surface area (Å²) in [5, 5.41) is 0. The minimum Gasteiger partial charge on any atom is -0.465 e. The van der Waals surface area contributed by atoms with E-state index in [2.05, 4.69) is 74.5 Å². The van der Waals surface area contributed by atoms with E-state index >= 15 is 0 Å². The predicted molar refractivity (Wildman–Crippen MR) is 126 cm³/mol. The summed E-state index contributed by atoms with van der Waals surface area (Å²) in [7, 11) is -1.07. The van der Waals surface area contributed by atoms with Gasteiger partial charge in [-0.05, 0) is 31.4 Å². The fourth-order valence-corrected chi connectivity index (χ4v) is 9.18. The second-order valence-corrected chi connectivity index (χ2v) is 15.0. The lowest BCUT2D eigenvalue weighted by Crippen LogP contribution is -2.28. The summed E-state index contributed by atoms with van der Waals surface area (Å²) in [6.07, 6.45) is 17.6. The van der Waals surface area contributed by atoms with Gasteiger partial charge in [0.05, 0.1) is 18.5 Å². The van der Waals surface area contributed by atoms with Gasteiger partial charge in [-0.2, -0.15) is 0 Å². The third-order valence-electron chi connectivity index (χ3n) is 5.85. The van der Waals surface area contributed by atoms with Crippen LogP contribution in [0, 0.1) is 10.8 Å². The van der Waals surface area contributed by atoms with Crippen molar-refractivity contribution in [2.45, 2.75) is 106 Å². The molecule has 0 atom stereocenters. The summed E-state index contributed by atoms with van der Waals surface area (Å²) in [5.41, 5.74) is 0.747. The molecular formula is C25H48OP+. The normalized spacial score (nSPS) is 16.8. The van der Waals surface area contributed by atoms with Crippen molar-refractivity contribution in [2.24, 2.45) is 10.8 Å². The zero-order valence-electron chi connectivity index (χ0n) is 20.0. The van der Waals surface area contributed by atoms with Gasteiger partial charge in [0.2, 0.25) is 0 Å². The van der Waals surface area contributed by atoms with Crippen molar-refractivity contribution in [1.82, 2.24) is 0 Å². The lowest BCUT2D eigenvalue weighted by atomic mass is 9.88. The smallest absolute Gasteiger partial charge is 0.113 e. The minimum atomic E-state index is -1.07. The van der Waals surface area contributed by atoms with Crippen LogP contribution in [0.25, 0.3) is 0 Å². The topological polar surface area (TPSA) is 9.23 Å². The van der Waals surface area contributed by atoms with E-state index in [1.165, 1.54) is 68.5 Å². The molecule has 1 aliphatic heterocycles. The van der Waals surface area contributed by atoms with Gasteiger partial charge >= 0.3 is 0 Å². The summed E-state index contributed by atoms with van der Waals surface area (Å²) in [6, 6.07) is 0. The van der Waals surface area contributed by atoms with Crippen LogP contribution in [0.3, 0.4) is 0 Å². The first-order valence-electron chi connectivity index (χ1n) is 11.5. The van der Waals surface area contributed by atoms with Crippen LogP contribution >= 0.6 is 7.26 Å². The first-order chi connectivity index (χ1) is 12.5. The van der Waals surface area contributed by atoms with Gasteiger partial charge in [0.25, 0.3) is 0 Å². The lowest BCUT2D eigenvalue weighted by molar-refractivity contribution is 0.158. The number of unbranched alkanes of at least 4 members (excludes halogenated alkanes) is 3. The molecule has 0 aliphatic carbocycles. The molecule has 0 aromatic heterocycles. The molecule has 158 valence electrons. The zero-order chi connectivity index (χ0) is 20.7.